The molecule has 8 bridgehead atoms. The van der Waals surface area contributed by atoms with E-state index < -0.39 is 0 Å². The van der Waals surface area contributed by atoms with Gasteiger partial charge in [0.2, 0.25) is 0 Å². The Labute approximate surface area is 181 Å². The molecule has 5 rings (SSSR count). The molecule has 0 unspecified atom stereocenters. The van der Waals surface area contributed by atoms with E-state index in [9.17, 15) is 0 Å². The first kappa shape index (κ1) is 19.1. The highest BCUT2D eigenvalue weighted by Gasteiger charge is 2.04. The third-order valence-electron chi connectivity index (χ3n) is 5.30. The first-order valence-corrected chi connectivity index (χ1v) is 10.8. The lowest BCUT2D eigenvalue weighted by Gasteiger charge is -1.89. The molecular formula is C27H24N4. The highest BCUT2D eigenvalue weighted by Crippen LogP contribution is 2.19. The van der Waals surface area contributed by atoms with Gasteiger partial charge < -0.3 is 9.97 Å². The summed E-state index contributed by atoms with van der Waals surface area (Å²) >= 11 is 0. The summed E-state index contributed by atoms with van der Waals surface area (Å²) in [4.78, 5) is 16.4. The average molecular weight is 405 g/mol. The van der Waals surface area contributed by atoms with E-state index >= 15 is 0 Å². The van der Waals surface area contributed by atoms with Crippen molar-refractivity contribution >= 4 is 46.4 Å². The summed E-state index contributed by atoms with van der Waals surface area (Å²) in [6.45, 7) is 2.21. The van der Waals surface area contributed by atoms with Gasteiger partial charge in [-0.05, 0) is 73.2 Å². The van der Waals surface area contributed by atoms with Crippen LogP contribution in [0.25, 0.3) is 46.4 Å². The third kappa shape index (κ3) is 4.51. The van der Waals surface area contributed by atoms with Crippen molar-refractivity contribution in [2.75, 3.05) is 0 Å². The number of fused-ring (bicyclic) bond motifs is 8. The SMILES string of the molecule is CCCCCC#Cc1cc2cc3nc(cc4ccc(cc5nc(cc1[nH]2)C=C5)[nH]4)C=C3. The molecular weight excluding hydrogens is 380 g/mol. The van der Waals surface area contributed by atoms with Gasteiger partial charge in [-0.15, -0.1) is 0 Å². The fourth-order valence-corrected chi connectivity index (χ4v) is 3.74. The van der Waals surface area contributed by atoms with Crippen molar-refractivity contribution in [1.29, 1.82) is 0 Å². The number of H-pyrrole nitrogens is 2. The van der Waals surface area contributed by atoms with E-state index in [1.165, 1.54) is 12.8 Å². The lowest BCUT2D eigenvalue weighted by atomic mass is 10.2. The van der Waals surface area contributed by atoms with Crippen molar-refractivity contribution in [2.45, 2.75) is 32.6 Å². The number of hydrogen-bond acceptors (Lipinski definition) is 2. The zero-order chi connectivity index (χ0) is 21.0. The average Bonchev–Trinajstić information content (AvgIpc) is 3.53. The van der Waals surface area contributed by atoms with Crippen LogP contribution < -0.4 is 0 Å². The Bertz CT molecular complexity index is 1400. The molecule has 2 N–H and O–H groups in total. The largest absolute Gasteiger partial charge is 0.355 e. The van der Waals surface area contributed by atoms with Crippen molar-refractivity contribution in [3.05, 3.63) is 70.8 Å². The van der Waals surface area contributed by atoms with E-state index in [2.05, 4.69) is 59.1 Å². The van der Waals surface area contributed by atoms with Crippen LogP contribution in [0.2, 0.25) is 0 Å². The summed E-state index contributed by atoms with van der Waals surface area (Å²) < 4.78 is 0. The second-order valence-corrected chi connectivity index (χ2v) is 7.85. The van der Waals surface area contributed by atoms with E-state index in [0.717, 1.165) is 63.2 Å². The van der Waals surface area contributed by atoms with E-state index in [1.807, 2.05) is 36.4 Å². The molecule has 0 saturated carbocycles. The van der Waals surface area contributed by atoms with Gasteiger partial charge in [-0.25, -0.2) is 9.97 Å². The molecule has 3 aromatic heterocycles. The van der Waals surface area contributed by atoms with Gasteiger partial charge in [-0.2, -0.15) is 0 Å². The van der Waals surface area contributed by atoms with Crippen LogP contribution in [0.4, 0.5) is 0 Å². The molecule has 31 heavy (non-hydrogen) atoms. The third-order valence-corrected chi connectivity index (χ3v) is 5.30. The predicted octanol–water partition coefficient (Wildman–Crippen LogP) is 6.59. The number of rotatable bonds is 3. The van der Waals surface area contributed by atoms with Crippen LogP contribution in [-0.2, 0) is 0 Å². The summed E-state index contributed by atoms with van der Waals surface area (Å²) in [7, 11) is 0. The zero-order valence-corrected chi connectivity index (χ0v) is 17.6. The first-order chi connectivity index (χ1) is 15.2. The molecule has 0 amide bonds. The fraction of sp³-hybridized carbons (Fsp3) is 0.185. The van der Waals surface area contributed by atoms with Crippen LogP contribution in [0.3, 0.4) is 0 Å². The second kappa shape index (κ2) is 8.49. The maximum Gasteiger partial charge on any atom is 0.0658 e. The lowest BCUT2D eigenvalue weighted by molar-refractivity contribution is 0.737. The number of nitrogens with one attached hydrogen (secondary N) is 2. The van der Waals surface area contributed by atoms with Gasteiger partial charge in [-0.3, -0.25) is 0 Å². The van der Waals surface area contributed by atoms with Crippen molar-refractivity contribution in [3.63, 3.8) is 0 Å². The summed E-state index contributed by atoms with van der Waals surface area (Å²) in [5, 5.41) is 0. The molecule has 0 saturated heterocycles. The minimum Gasteiger partial charge on any atom is -0.355 e. The Morgan fingerprint density at radius 2 is 1.32 bits per heavy atom. The van der Waals surface area contributed by atoms with Gasteiger partial charge in [0.05, 0.1) is 33.9 Å². The summed E-state index contributed by atoms with van der Waals surface area (Å²) in [6, 6.07) is 14.4. The lowest BCUT2D eigenvalue weighted by Crippen LogP contribution is -1.76. The van der Waals surface area contributed by atoms with Gasteiger partial charge in [0, 0.05) is 23.0 Å². The molecule has 0 spiro atoms. The van der Waals surface area contributed by atoms with Gasteiger partial charge in [0.15, 0.2) is 0 Å². The maximum absolute atomic E-state index is 4.75. The number of unbranched alkanes of at least 4 members (excludes halogenated alkanes) is 3. The predicted molar refractivity (Wildman–Crippen MR) is 130 cm³/mol. The van der Waals surface area contributed by atoms with Crippen LogP contribution in [0, 0.1) is 11.8 Å². The fourth-order valence-electron chi connectivity index (χ4n) is 3.74. The van der Waals surface area contributed by atoms with Crippen LogP contribution in [0.5, 0.6) is 0 Å². The zero-order valence-electron chi connectivity index (χ0n) is 17.6. The van der Waals surface area contributed by atoms with Crippen molar-refractivity contribution in [1.82, 2.24) is 19.9 Å². The molecule has 152 valence electrons. The number of aromatic nitrogens is 4. The standard InChI is InChI=1S/C27H24N4/c1-2-3-4-5-6-7-19-14-26-17-24-11-10-22(29-24)15-20-8-9-21(28-20)16-23-12-13-25(30-23)18-27(19)31-26/h8-18,28,31H,2-5H2,1H3. The Morgan fingerprint density at radius 3 is 1.97 bits per heavy atom. The van der Waals surface area contributed by atoms with E-state index in [0.29, 0.717) is 0 Å². The van der Waals surface area contributed by atoms with Crippen molar-refractivity contribution in [3.8, 4) is 11.8 Å². The van der Waals surface area contributed by atoms with E-state index in [-0.39, 0.29) is 0 Å². The molecule has 4 nitrogen and oxygen atoms in total. The van der Waals surface area contributed by atoms with Crippen molar-refractivity contribution < 1.29 is 0 Å². The summed E-state index contributed by atoms with van der Waals surface area (Å²) in [5.74, 6) is 6.69. The van der Waals surface area contributed by atoms with Gasteiger partial charge in [0.1, 0.15) is 0 Å². The Morgan fingerprint density at radius 1 is 0.710 bits per heavy atom. The topological polar surface area (TPSA) is 57.4 Å². The number of aromatic amines is 2. The van der Waals surface area contributed by atoms with Crippen LogP contribution in [0.1, 0.15) is 60.9 Å². The van der Waals surface area contributed by atoms with Crippen LogP contribution in [0.15, 0.2) is 42.5 Å². The first-order valence-electron chi connectivity index (χ1n) is 10.8. The minimum absolute atomic E-state index is 0.910. The molecule has 2 aliphatic rings. The van der Waals surface area contributed by atoms with Gasteiger partial charge in [-0.1, -0.05) is 31.6 Å². The Kier molecular flexibility index (Phi) is 5.24. The quantitative estimate of drug-likeness (QED) is 0.263. The molecule has 5 heterocycles. The summed E-state index contributed by atoms with van der Waals surface area (Å²) in [5.41, 5.74) is 8.67. The Balaban J connectivity index is 1.69. The normalized spacial score (nSPS) is 12.0. The highest BCUT2D eigenvalue weighted by molar-refractivity contribution is 5.79. The van der Waals surface area contributed by atoms with Crippen LogP contribution in [-0.4, -0.2) is 19.9 Å². The Hall–Kier alpha value is -3.84. The van der Waals surface area contributed by atoms with Crippen molar-refractivity contribution in [2.24, 2.45) is 0 Å². The smallest absolute Gasteiger partial charge is 0.0658 e. The highest BCUT2D eigenvalue weighted by atomic mass is 14.8. The monoisotopic (exact) mass is 404 g/mol. The molecule has 0 aromatic carbocycles. The molecule has 0 fully saturated rings. The van der Waals surface area contributed by atoms with Gasteiger partial charge >= 0.3 is 0 Å². The molecule has 3 aromatic rings. The van der Waals surface area contributed by atoms with E-state index in [4.69, 9.17) is 9.97 Å². The van der Waals surface area contributed by atoms with E-state index in [1.54, 1.807) is 0 Å². The summed E-state index contributed by atoms with van der Waals surface area (Å²) in [6.07, 6.45) is 12.6. The van der Waals surface area contributed by atoms with Gasteiger partial charge in [0.25, 0.3) is 0 Å². The molecule has 2 aliphatic heterocycles. The second-order valence-electron chi connectivity index (χ2n) is 7.85. The number of nitrogens with zero attached hydrogens (tertiary/aromatic N) is 2. The molecule has 4 heteroatoms. The van der Waals surface area contributed by atoms with Crippen LogP contribution >= 0.6 is 0 Å². The minimum atomic E-state index is 0.910. The maximum atomic E-state index is 4.75. The molecule has 0 radical (unpaired) electrons. The number of hydrogen-bond donors (Lipinski definition) is 2. The molecule has 0 aliphatic carbocycles. The molecule has 0 atom stereocenters.